The van der Waals surface area contributed by atoms with E-state index in [1.807, 2.05) is 90.9 Å². The second kappa shape index (κ2) is 15.5. The third kappa shape index (κ3) is 8.10. The Morgan fingerprint density at radius 3 is 2.35 bits per heavy atom. The Labute approximate surface area is 276 Å². The molecule has 7 heteroatoms. The van der Waals surface area contributed by atoms with Gasteiger partial charge in [0.2, 0.25) is 5.91 Å². The maximum atomic E-state index is 14.7. The van der Waals surface area contributed by atoms with Gasteiger partial charge in [-0.3, -0.25) is 9.78 Å². The molecule has 1 amide bonds. The SMILES string of the molecule is C=C(NCCc1ccncc1)C(Cc1cccs1)N(C)C(=O)[C@@H](Cc1ccc2ccccc2c1)N(C)C(=C)c1cccc(CN)c1. The van der Waals surface area contributed by atoms with Crippen LogP contribution in [0.2, 0.25) is 0 Å². The Morgan fingerprint density at radius 2 is 1.61 bits per heavy atom. The molecule has 5 aromatic rings. The summed E-state index contributed by atoms with van der Waals surface area (Å²) in [5.74, 6) is 0.00503. The number of hydrogen-bond acceptors (Lipinski definition) is 6. The lowest BCUT2D eigenvalue weighted by molar-refractivity contribution is -0.135. The fraction of sp³-hybridized carbons (Fsp3) is 0.231. The number of nitrogens with two attached hydrogens (primary N) is 1. The number of nitrogens with zero attached hydrogens (tertiary/aromatic N) is 3. The van der Waals surface area contributed by atoms with Crippen LogP contribution in [0.4, 0.5) is 0 Å². The van der Waals surface area contributed by atoms with Crippen LogP contribution in [-0.2, 0) is 30.6 Å². The van der Waals surface area contributed by atoms with E-state index in [0.717, 1.165) is 39.9 Å². The number of fused-ring (bicyclic) bond motifs is 1. The molecule has 3 N–H and O–H groups in total. The number of thiophene rings is 1. The third-order valence-electron chi connectivity index (χ3n) is 8.62. The van der Waals surface area contributed by atoms with Gasteiger partial charge in [0.15, 0.2) is 0 Å². The molecule has 2 aromatic heterocycles. The van der Waals surface area contributed by atoms with Gasteiger partial charge in [0.25, 0.3) is 0 Å². The topological polar surface area (TPSA) is 74.5 Å². The first-order valence-corrected chi connectivity index (χ1v) is 16.5. The zero-order valence-corrected chi connectivity index (χ0v) is 27.5. The predicted molar refractivity (Wildman–Crippen MR) is 192 cm³/mol. The van der Waals surface area contributed by atoms with Crippen molar-refractivity contribution in [3.05, 3.63) is 155 Å². The van der Waals surface area contributed by atoms with Crippen molar-refractivity contribution < 1.29 is 4.79 Å². The number of likely N-dealkylation sites (N-methyl/N-ethyl adjacent to an activating group) is 2. The van der Waals surface area contributed by atoms with Crippen LogP contribution < -0.4 is 11.1 Å². The Bertz CT molecular complexity index is 1770. The molecule has 0 saturated carbocycles. The smallest absolute Gasteiger partial charge is 0.245 e. The first kappa shape index (κ1) is 32.7. The molecule has 0 aliphatic carbocycles. The summed E-state index contributed by atoms with van der Waals surface area (Å²) in [5, 5.41) is 7.93. The lowest BCUT2D eigenvalue weighted by Gasteiger charge is -2.37. The average Bonchev–Trinajstić information content (AvgIpc) is 3.62. The maximum Gasteiger partial charge on any atom is 0.245 e. The van der Waals surface area contributed by atoms with Crippen LogP contribution in [0.25, 0.3) is 16.5 Å². The first-order chi connectivity index (χ1) is 22.3. The van der Waals surface area contributed by atoms with Gasteiger partial charge in [0, 0.05) is 68.7 Å². The van der Waals surface area contributed by atoms with Crippen molar-refractivity contribution in [2.45, 2.75) is 37.9 Å². The largest absolute Gasteiger partial charge is 0.387 e. The second-order valence-electron chi connectivity index (χ2n) is 11.7. The molecule has 0 saturated heterocycles. The molecule has 6 nitrogen and oxygen atoms in total. The first-order valence-electron chi connectivity index (χ1n) is 15.6. The Morgan fingerprint density at radius 1 is 0.826 bits per heavy atom. The molecule has 2 heterocycles. The van der Waals surface area contributed by atoms with E-state index in [1.165, 1.54) is 15.8 Å². The molecule has 46 heavy (non-hydrogen) atoms. The highest BCUT2D eigenvalue weighted by molar-refractivity contribution is 7.09. The minimum absolute atomic E-state index is 0.00503. The van der Waals surface area contributed by atoms with E-state index in [0.29, 0.717) is 25.9 Å². The molecule has 0 aliphatic rings. The predicted octanol–water partition coefficient (Wildman–Crippen LogP) is 6.68. The van der Waals surface area contributed by atoms with Crippen molar-refractivity contribution in [1.82, 2.24) is 20.1 Å². The van der Waals surface area contributed by atoms with E-state index in [9.17, 15) is 4.79 Å². The minimum Gasteiger partial charge on any atom is -0.387 e. The van der Waals surface area contributed by atoms with Gasteiger partial charge in [-0.1, -0.05) is 79.9 Å². The Balaban J connectivity index is 1.43. The number of carbonyl (C=O) groups is 1. The quantitative estimate of drug-likeness (QED) is 0.135. The molecule has 0 bridgehead atoms. The van der Waals surface area contributed by atoms with Crippen molar-refractivity contribution in [2.24, 2.45) is 5.73 Å². The van der Waals surface area contributed by atoms with Crippen LogP contribution in [-0.4, -0.2) is 53.4 Å². The summed E-state index contributed by atoms with van der Waals surface area (Å²) >= 11 is 1.69. The van der Waals surface area contributed by atoms with E-state index in [4.69, 9.17) is 5.73 Å². The maximum absolute atomic E-state index is 14.7. The molecule has 0 spiro atoms. The third-order valence-corrected chi connectivity index (χ3v) is 9.52. The Kier molecular flexibility index (Phi) is 11.0. The molecular weight excluding hydrogens is 587 g/mol. The minimum atomic E-state index is -0.504. The van der Waals surface area contributed by atoms with Gasteiger partial charge in [0.1, 0.15) is 6.04 Å². The molecular formula is C39H43N5OS. The summed E-state index contributed by atoms with van der Waals surface area (Å²) in [4.78, 5) is 23.9. The number of amides is 1. The van der Waals surface area contributed by atoms with Gasteiger partial charge >= 0.3 is 0 Å². The summed E-state index contributed by atoms with van der Waals surface area (Å²) in [6.45, 7) is 10.0. The summed E-state index contributed by atoms with van der Waals surface area (Å²) in [5.41, 5.74) is 11.8. The second-order valence-corrected chi connectivity index (χ2v) is 12.7. The summed E-state index contributed by atoms with van der Waals surface area (Å²) in [6.07, 6.45) is 5.64. The van der Waals surface area contributed by atoms with E-state index in [1.54, 1.807) is 11.3 Å². The van der Waals surface area contributed by atoms with E-state index >= 15 is 0 Å². The highest BCUT2D eigenvalue weighted by Gasteiger charge is 2.32. The molecule has 3 aromatic carbocycles. The number of hydrogen-bond donors (Lipinski definition) is 2. The number of rotatable bonds is 15. The lowest BCUT2D eigenvalue weighted by Crippen LogP contribution is -2.51. The standard InChI is InChI=1S/C39H43N5OS/c1-28(42-21-18-30-16-19-41-20-17-30)37(26-36-13-8-22-46-36)44(4)39(45)38(25-31-14-15-33-10-5-6-11-35(33)23-31)43(3)29(2)34-12-7-9-32(24-34)27-40/h5-17,19-20,22-24,37-38,42H,1-2,18,21,25-27,40H2,3-4H3/t37?,38-/m1/s1. The number of aromatic nitrogens is 1. The number of nitrogens with one attached hydrogen (secondary N) is 1. The summed E-state index contributed by atoms with van der Waals surface area (Å²) in [6, 6.07) is 30.3. The molecule has 236 valence electrons. The van der Waals surface area contributed by atoms with Gasteiger partial charge in [-0.2, -0.15) is 0 Å². The van der Waals surface area contributed by atoms with Crippen molar-refractivity contribution >= 4 is 33.7 Å². The fourth-order valence-electron chi connectivity index (χ4n) is 5.78. The van der Waals surface area contributed by atoms with Crippen LogP contribution in [0.3, 0.4) is 0 Å². The molecule has 2 atom stereocenters. The van der Waals surface area contributed by atoms with Crippen LogP contribution in [0, 0.1) is 0 Å². The van der Waals surface area contributed by atoms with Crippen LogP contribution in [0.15, 0.2) is 128 Å². The van der Waals surface area contributed by atoms with Gasteiger partial charge < -0.3 is 20.9 Å². The van der Waals surface area contributed by atoms with Crippen LogP contribution >= 0.6 is 11.3 Å². The van der Waals surface area contributed by atoms with Crippen molar-refractivity contribution in [1.29, 1.82) is 0 Å². The molecule has 5 rings (SSSR count). The average molecular weight is 630 g/mol. The zero-order chi connectivity index (χ0) is 32.5. The summed E-state index contributed by atoms with van der Waals surface area (Å²) < 4.78 is 0. The van der Waals surface area contributed by atoms with Crippen LogP contribution in [0.1, 0.15) is 27.1 Å². The number of benzene rings is 3. The highest BCUT2D eigenvalue weighted by Crippen LogP contribution is 2.26. The van der Waals surface area contributed by atoms with Gasteiger partial charge in [0.05, 0.1) is 6.04 Å². The van der Waals surface area contributed by atoms with E-state index < -0.39 is 6.04 Å². The number of pyridine rings is 1. The highest BCUT2D eigenvalue weighted by atomic mass is 32.1. The van der Waals surface area contributed by atoms with Crippen LogP contribution in [0.5, 0.6) is 0 Å². The van der Waals surface area contributed by atoms with Gasteiger partial charge in [-0.15, -0.1) is 11.3 Å². The Hall–Kier alpha value is -4.72. The molecule has 0 radical (unpaired) electrons. The van der Waals surface area contributed by atoms with Crippen molar-refractivity contribution in [3.63, 3.8) is 0 Å². The van der Waals surface area contributed by atoms with E-state index in [-0.39, 0.29) is 11.9 Å². The summed E-state index contributed by atoms with van der Waals surface area (Å²) in [7, 11) is 3.86. The van der Waals surface area contributed by atoms with Crippen molar-refractivity contribution in [3.8, 4) is 0 Å². The lowest BCUT2D eigenvalue weighted by atomic mass is 9.98. The fourth-order valence-corrected chi connectivity index (χ4v) is 6.53. The van der Waals surface area contributed by atoms with Crippen molar-refractivity contribution in [2.75, 3.05) is 20.6 Å². The molecule has 0 aliphatic heterocycles. The van der Waals surface area contributed by atoms with E-state index in [2.05, 4.69) is 65.2 Å². The zero-order valence-electron chi connectivity index (χ0n) is 26.7. The molecule has 0 fully saturated rings. The normalized spacial score (nSPS) is 12.3. The number of carbonyl (C=O) groups excluding carboxylic acids is 1. The van der Waals surface area contributed by atoms with Gasteiger partial charge in [-0.25, -0.2) is 0 Å². The molecule has 1 unspecified atom stereocenters. The van der Waals surface area contributed by atoms with Gasteiger partial charge in [-0.05, 0) is 69.1 Å². The monoisotopic (exact) mass is 629 g/mol.